The number of nitrogens with zero attached hydrogens (tertiary/aromatic N) is 1. The van der Waals surface area contributed by atoms with Gasteiger partial charge >= 0.3 is 0 Å². The molecule has 2 N–H and O–H groups in total. The SMILES string of the molecule is CCOc1ccccc1NC(=O)CSc1nc(COC)cc(=O)[nH]1. The molecule has 2 rings (SSSR count). The van der Waals surface area contributed by atoms with Crippen LogP contribution in [0, 0.1) is 0 Å². The Hall–Kier alpha value is -2.32. The molecule has 2 aromatic rings. The largest absolute Gasteiger partial charge is 0.492 e. The Morgan fingerprint density at radius 3 is 2.92 bits per heavy atom. The van der Waals surface area contributed by atoms with Gasteiger partial charge in [0, 0.05) is 13.2 Å². The lowest BCUT2D eigenvalue weighted by molar-refractivity contribution is -0.113. The molecule has 128 valence electrons. The second-order valence-electron chi connectivity index (χ2n) is 4.74. The van der Waals surface area contributed by atoms with Crippen molar-refractivity contribution in [2.45, 2.75) is 18.7 Å². The van der Waals surface area contributed by atoms with Crippen molar-refractivity contribution in [3.05, 3.63) is 46.4 Å². The molecule has 1 heterocycles. The summed E-state index contributed by atoms with van der Waals surface area (Å²) in [6.07, 6.45) is 0. The van der Waals surface area contributed by atoms with E-state index in [0.29, 0.717) is 28.9 Å². The van der Waals surface area contributed by atoms with E-state index >= 15 is 0 Å². The van der Waals surface area contributed by atoms with Crippen molar-refractivity contribution in [2.24, 2.45) is 0 Å². The van der Waals surface area contributed by atoms with Crippen LogP contribution >= 0.6 is 11.8 Å². The zero-order valence-corrected chi connectivity index (χ0v) is 14.3. The number of para-hydroxylation sites is 2. The van der Waals surface area contributed by atoms with Crippen molar-refractivity contribution in [2.75, 3.05) is 24.8 Å². The second kappa shape index (κ2) is 9.09. The maximum absolute atomic E-state index is 12.1. The zero-order chi connectivity index (χ0) is 17.4. The topological polar surface area (TPSA) is 93.3 Å². The lowest BCUT2D eigenvalue weighted by atomic mass is 10.3. The summed E-state index contributed by atoms with van der Waals surface area (Å²) >= 11 is 1.15. The highest BCUT2D eigenvalue weighted by atomic mass is 32.2. The third kappa shape index (κ3) is 5.39. The Morgan fingerprint density at radius 2 is 2.17 bits per heavy atom. The van der Waals surface area contributed by atoms with E-state index in [1.54, 1.807) is 12.1 Å². The molecule has 0 aliphatic carbocycles. The molecule has 1 aromatic carbocycles. The Bertz CT molecular complexity index is 748. The van der Waals surface area contributed by atoms with E-state index in [0.717, 1.165) is 11.8 Å². The van der Waals surface area contributed by atoms with Crippen molar-refractivity contribution in [3.8, 4) is 5.75 Å². The van der Waals surface area contributed by atoms with Crippen LogP contribution in [0.15, 0.2) is 40.3 Å². The highest BCUT2D eigenvalue weighted by Gasteiger charge is 2.09. The van der Waals surface area contributed by atoms with E-state index in [2.05, 4.69) is 15.3 Å². The van der Waals surface area contributed by atoms with E-state index in [1.807, 2.05) is 19.1 Å². The second-order valence-corrected chi connectivity index (χ2v) is 5.70. The molecule has 0 saturated heterocycles. The van der Waals surface area contributed by atoms with Crippen LogP contribution in [0.4, 0.5) is 5.69 Å². The highest BCUT2D eigenvalue weighted by Crippen LogP contribution is 2.24. The number of carbonyl (C=O) groups is 1. The molecule has 1 aromatic heterocycles. The number of aromatic amines is 1. The predicted molar refractivity (Wildman–Crippen MR) is 92.5 cm³/mol. The van der Waals surface area contributed by atoms with Crippen molar-refractivity contribution in [1.82, 2.24) is 9.97 Å². The summed E-state index contributed by atoms with van der Waals surface area (Å²) in [5, 5.41) is 3.17. The molecule has 8 heteroatoms. The minimum Gasteiger partial charge on any atom is -0.492 e. The van der Waals surface area contributed by atoms with E-state index in [-0.39, 0.29) is 23.8 Å². The van der Waals surface area contributed by atoms with Gasteiger partial charge in [-0.15, -0.1) is 0 Å². The Morgan fingerprint density at radius 1 is 1.38 bits per heavy atom. The smallest absolute Gasteiger partial charge is 0.251 e. The van der Waals surface area contributed by atoms with Gasteiger partial charge < -0.3 is 19.8 Å². The summed E-state index contributed by atoms with van der Waals surface area (Å²) in [6, 6.07) is 8.59. The molecule has 0 unspecified atom stereocenters. The lowest BCUT2D eigenvalue weighted by Gasteiger charge is -2.11. The quantitative estimate of drug-likeness (QED) is 0.560. The highest BCUT2D eigenvalue weighted by molar-refractivity contribution is 7.99. The van der Waals surface area contributed by atoms with Crippen LogP contribution in [0.5, 0.6) is 5.75 Å². The number of amides is 1. The third-order valence-corrected chi connectivity index (χ3v) is 3.74. The van der Waals surface area contributed by atoms with Gasteiger partial charge in [0.2, 0.25) is 5.91 Å². The number of ether oxygens (including phenoxy) is 2. The molecule has 1 amide bonds. The van der Waals surface area contributed by atoms with Crippen molar-refractivity contribution in [3.63, 3.8) is 0 Å². The molecule has 0 aliphatic rings. The maximum atomic E-state index is 12.1. The van der Waals surface area contributed by atoms with Gasteiger partial charge in [0.25, 0.3) is 5.56 Å². The number of benzene rings is 1. The molecule has 0 bridgehead atoms. The average molecular weight is 349 g/mol. The number of aromatic nitrogens is 2. The Kier molecular flexibility index (Phi) is 6.83. The molecule has 0 saturated carbocycles. The lowest BCUT2D eigenvalue weighted by Crippen LogP contribution is -2.16. The molecule has 0 aliphatic heterocycles. The first-order chi connectivity index (χ1) is 11.6. The van der Waals surface area contributed by atoms with Gasteiger partial charge in [-0.05, 0) is 19.1 Å². The molecule has 0 fully saturated rings. The number of hydrogen-bond acceptors (Lipinski definition) is 6. The van der Waals surface area contributed by atoms with Gasteiger partial charge in [-0.1, -0.05) is 23.9 Å². The number of hydrogen-bond donors (Lipinski definition) is 2. The minimum absolute atomic E-state index is 0.111. The van der Waals surface area contributed by atoms with E-state index in [4.69, 9.17) is 9.47 Å². The van der Waals surface area contributed by atoms with Gasteiger partial charge in [0.1, 0.15) is 5.75 Å². The monoisotopic (exact) mass is 349 g/mol. The van der Waals surface area contributed by atoms with Gasteiger partial charge in [-0.2, -0.15) is 0 Å². The van der Waals surface area contributed by atoms with Gasteiger partial charge in [0.05, 0.1) is 30.3 Å². The van der Waals surface area contributed by atoms with Gasteiger partial charge in [0.15, 0.2) is 5.16 Å². The van der Waals surface area contributed by atoms with Crippen LogP contribution in [0.25, 0.3) is 0 Å². The number of H-pyrrole nitrogens is 1. The summed E-state index contributed by atoms with van der Waals surface area (Å²) in [4.78, 5) is 30.5. The zero-order valence-electron chi connectivity index (χ0n) is 13.5. The fourth-order valence-corrected chi connectivity index (χ4v) is 2.64. The fourth-order valence-electron chi connectivity index (χ4n) is 1.95. The molecule has 7 nitrogen and oxygen atoms in total. The number of carbonyl (C=O) groups excluding carboxylic acids is 1. The van der Waals surface area contributed by atoms with E-state index in [9.17, 15) is 9.59 Å². The van der Waals surface area contributed by atoms with Crippen LogP contribution in [0.1, 0.15) is 12.6 Å². The molecule has 0 radical (unpaired) electrons. The fraction of sp³-hybridized carbons (Fsp3) is 0.312. The van der Waals surface area contributed by atoms with Crippen LogP contribution in [-0.2, 0) is 16.1 Å². The molecule has 24 heavy (non-hydrogen) atoms. The molecule has 0 atom stereocenters. The van der Waals surface area contributed by atoms with Crippen LogP contribution < -0.4 is 15.6 Å². The summed E-state index contributed by atoms with van der Waals surface area (Å²) in [6.45, 7) is 2.63. The number of anilines is 1. The number of thioether (sulfide) groups is 1. The predicted octanol–water partition coefficient (Wildman–Crippen LogP) is 2.05. The van der Waals surface area contributed by atoms with Crippen LogP contribution in [0.2, 0.25) is 0 Å². The summed E-state index contributed by atoms with van der Waals surface area (Å²) in [5.41, 5.74) is 0.854. The standard InChI is InChI=1S/C16H19N3O4S/c1-3-23-13-7-5-4-6-12(13)18-15(21)10-24-16-17-11(9-22-2)8-14(20)19-16/h4-8H,3,9-10H2,1-2H3,(H,18,21)(H,17,19,20). The average Bonchev–Trinajstić information content (AvgIpc) is 2.55. The summed E-state index contributed by atoms with van der Waals surface area (Å²) in [7, 11) is 1.53. The Balaban J connectivity index is 1.97. The van der Waals surface area contributed by atoms with E-state index < -0.39 is 0 Å². The minimum atomic E-state index is -0.276. The first-order valence-corrected chi connectivity index (χ1v) is 8.34. The first-order valence-electron chi connectivity index (χ1n) is 7.36. The van der Waals surface area contributed by atoms with Crippen LogP contribution in [-0.4, -0.2) is 35.3 Å². The summed E-state index contributed by atoms with van der Waals surface area (Å²) < 4.78 is 10.4. The van der Waals surface area contributed by atoms with Crippen LogP contribution in [0.3, 0.4) is 0 Å². The van der Waals surface area contributed by atoms with Crippen molar-refractivity contribution < 1.29 is 14.3 Å². The molecular weight excluding hydrogens is 330 g/mol. The molecule has 0 spiro atoms. The third-order valence-electron chi connectivity index (χ3n) is 2.87. The van der Waals surface area contributed by atoms with E-state index in [1.165, 1.54) is 13.2 Å². The summed E-state index contributed by atoms with van der Waals surface area (Å²) in [5.74, 6) is 0.513. The van der Waals surface area contributed by atoms with Gasteiger partial charge in [-0.3, -0.25) is 9.59 Å². The number of rotatable bonds is 8. The van der Waals surface area contributed by atoms with Gasteiger partial charge in [-0.25, -0.2) is 4.98 Å². The normalized spacial score (nSPS) is 10.4. The maximum Gasteiger partial charge on any atom is 0.251 e. The number of nitrogens with one attached hydrogen (secondary N) is 2. The van der Waals surface area contributed by atoms with Crippen molar-refractivity contribution in [1.29, 1.82) is 0 Å². The first kappa shape index (κ1) is 18.0. The Labute approximate surface area is 143 Å². The molecular formula is C16H19N3O4S. The van der Waals surface area contributed by atoms with Crippen molar-refractivity contribution >= 4 is 23.4 Å². The number of methoxy groups -OCH3 is 1.